The Morgan fingerprint density at radius 2 is 1.68 bits per heavy atom. The van der Waals surface area contributed by atoms with Crippen LogP contribution in [-0.4, -0.2) is 18.8 Å². The molecule has 1 heterocycles. The van der Waals surface area contributed by atoms with Crippen LogP contribution in [0, 0.1) is 5.25 Å². The Morgan fingerprint density at radius 3 is 2.18 bits per heavy atom. The van der Waals surface area contributed by atoms with E-state index in [2.05, 4.69) is 43.0 Å². The largest absolute Gasteiger partial charge is 1.00 e. The molecule has 1 aliphatic rings. The predicted octanol–water partition coefficient (Wildman–Crippen LogP) is 3.15. The first-order valence-electron chi connectivity index (χ1n) is 8.35. The minimum atomic E-state index is 0. The Bertz CT molecular complexity index is 383. The summed E-state index contributed by atoms with van der Waals surface area (Å²) in [6.07, 6.45) is 7.70. The number of unbranched alkanes of at least 4 members (excludes halogenated alkanes) is 2. The van der Waals surface area contributed by atoms with Crippen molar-refractivity contribution >= 4 is 27.3 Å². The van der Waals surface area contributed by atoms with Crippen molar-refractivity contribution in [3.05, 3.63) is 35.1 Å². The van der Waals surface area contributed by atoms with Gasteiger partial charge in [0.25, 0.3) is 0 Å². The third kappa shape index (κ3) is 6.36. The van der Waals surface area contributed by atoms with Gasteiger partial charge in [-0.1, -0.05) is 45.2 Å². The molecule has 0 aliphatic carbocycles. The molecule has 22 heavy (non-hydrogen) atoms. The summed E-state index contributed by atoms with van der Waals surface area (Å²) in [5.41, 5.74) is 2.83. The van der Waals surface area contributed by atoms with E-state index in [-0.39, 0.29) is 18.9 Å². The van der Waals surface area contributed by atoms with E-state index < -0.39 is 0 Å². The molecule has 2 rings (SSSR count). The number of anilines is 1. The maximum absolute atomic E-state index is 2.56. The number of hydrogen-bond acceptors (Lipinski definition) is 3. The second-order valence-electron chi connectivity index (χ2n) is 5.67. The van der Waals surface area contributed by atoms with Gasteiger partial charge in [-0.25, -0.2) is 0 Å². The Hall–Kier alpha value is 0.187. The molecule has 1 saturated heterocycles. The van der Waals surface area contributed by atoms with Crippen LogP contribution in [0.5, 0.6) is 0 Å². The molecular formula is C18H28LiNS2. The molecule has 1 aliphatic heterocycles. The number of rotatable bonds is 8. The maximum atomic E-state index is 2.56. The summed E-state index contributed by atoms with van der Waals surface area (Å²) in [6.45, 7) is 6.93. The maximum Gasteiger partial charge on any atom is 1.00 e. The third-order valence-corrected chi connectivity index (χ3v) is 6.58. The monoisotopic (exact) mass is 329 g/mol. The van der Waals surface area contributed by atoms with Crippen molar-refractivity contribution < 1.29 is 18.9 Å². The minimum absolute atomic E-state index is 0. The van der Waals surface area contributed by atoms with Crippen LogP contribution in [-0.2, 0) is 0 Å². The van der Waals surface area contributed by atoms with Crippen molar-refractivity contribution in [2.24, 2.45) is 0 Å². The van der Waals surface area contributed by atoms with E-state index in [0.717, 1.165) is 0 Å². The van der Waals surface area contributed by atoms with Crippen LogP contribution in [0.25, 0.3) is 0 Å². The molecule has 118 valence electrons. The Kier molecular flexibility index (Phi) is 10.7. The van der Waals surface area contributed by atoms with Gasteiger partial charge in [0.1, 0.15) is 0 Å². The van der Waals surface area contributed by atoms with Crippen LogP contribution < -0.4 is 23.8 Å². The minimum Gasteiger partial charge on any atom is -0.373 e. The SMILES string of the molecule is CCCCN(CCCC)c1ccc([C-]2CCCSS2)cc1.[Li+]. The van der Waals surface area contributed by atoms with Crippen molar-refractivity contribution in [1.29, 1.82) is 0 Å². The van der Waals surface area contributed by atoms with Crippen molar-refractivity contribution in [1.82, 2.24) is 0 Å². The predicted molar refractivity (Wildman–Crippen MR) is 100 cm³/mol. The average molecular weight is 330 g/mol. The van der Waals surface area contributed by atoms with Gasteiger partial charge < -0.3 is 4.90 Å². The molecular weight excluding hydrogens is 301 g/mol. The molecule has 0 saturated carbocycles. The van der Waals surface area contributed by atoms with Crippen molar-refractivity contribution in [2.75, 3.05) is 23.7 Å². The van der Waals surface area contributed by atoms with E-state index >= 15 is 0 Å². The van der Waals surface area contributed by atoms with Crippen LogP contribution in [0.2, 0.25) is 0 Å². The second kappa shape index (κ2) is 11.7. The topological polar surface area (TPSA) is 3.24 Å². The summed E-state index contributed by atoms with van der Waals surface area (Å²) < 4.78 is 0. The van der Waals surface area contributed by atoms with Crippen molar-refractivity contribution in [3.8, 4) is 0 Å². The molecule has 1 aromatic rings. The molecule has 0 N–H and O–H groups in total. The van der Waals surface area contributed by atoms with E-state index in [0.29, 0.717) is 0 Å². The summed E-state index contributed by atoms with van der Waals surface area (Å²) >= 11 is 0. The molecule has 0 radical (unpaired) electrons. The van der Waals surface area contributed by atoms with Crippen LogP contribution in [0.15, 0.2) is 24.3 Å². The van der Waals surface area contributed by atoms with Gasteiger partial charge in [0.2, 0.25) is 0 Å². The van der Waals surface area contributed by atoms with E-state index in [1.807, 2.05) is 21.6 Å². The Balaban J connectivity index is 0.00000242. The van der Waals surface area contributed by atoms with Gasteiger partial charge in [-0.2, -0.15) is 17.7 Å². The van der Waals surface area contributed by atoms with E-state index in [4.69, 9.17) is 0 Å². The van der Waals surface area contributed by atoms with Gasteiger partial charge >= 0.3 is 18.9 Å². The van der Waals surface area contributed by atoms with Gasteiger partial charge in [-0.3, -0.25) is 0 Å². The number of hydrogen-bond donors (Lipinski definition) is 0. The van der Waals surface area contributed by atoms with Crippen LogP contribution >= 0.6 is 21.6 Å². The Morgan fingerprint density at radius 1 is 1.05 bits per heavy atom. The quantitative estimate of drug-likeness (QED) is 0.410. The van der Waals surface area contributed by atoms with Gasteiger partial charge in [-0.05, 0) is 19.3 Å². The zero-order valence-electron chi connectivity index (χ0n) is 14.4. The molecule has 0 unspecified atom stereocenters. The summed E-state index contributed by atoms with van der Waals surface area (Å²) in [5, 5.41) is 1.56. The van der Waals surface area contributed by atoms with Crippen molar-refractivity contribution in [2.45, 2.75) is 52.4 Å². The summed E-state index contributed by atoms with van der Waals surface area (Å²) in [5.74, 6) is 1.30. The molecule has 0 bridgehead atoms. The molecule has 1 aromatic carbocycles. The molecule has 0 spiro atoms. The van der Waals surface area contributed by atoms with Crippen LogP contribution in [0.4, 0.5) is 5.69 Å². The fourth-order valence-electron chi connectivity index (χ4n) is 2.56. The summed E-state index contributed by atoms with van der Waals surface area (Å²) in [7, 11) is 3.98. The molecule has 1 fully saturated rings. The average Bonchev–Trinajstić information content (AvgIpc) is 2.56. The van der Waals surface area contributed by atoms with Crippen molar-refractivity contribution in [3.63, 3.8) is 0 Å². The molecule has 4 heteroatoms. The summed E-state index contributed by atoms with van der Waals surface area (Å²) in [4.78, 5) is 2.56. The van der Waals surface area contributed by atoms with E-state index in [1.54, 1.807) is 5.25 Å². The first-order chi connectivity index (χ1) is 10.3. The Labute approximate surface area is 157 Å². The zero-order valence-corrected chi connectivity index (χ0v) is 16.1. The van der Waals surface area contributed by atoms with E-state index in [1.165, 1.54) is 68.6 Å². The van der Waals surface area contributed by atoms with Gasteiger partial charge in [-0.15, -0.1) is 26.8 Å². The van der Waals surface area contributed by atoms with E-state index in [9.17, 15) is 0 Å². The molecule has 0 atom stereocenters. The first-order valence-corrected chi connectivity index (χ1v) is 10.7. The number of nitrogens with zero attached hydrogens (tertiary/aromatic N) is 1. The second-order valence-corrected chi connectivity index (χ2v) is 8.18. The standard InChI is InChI=1S/C18H28NS2.Li/c1-3-5-13-19(14-6-4-2)17-11-9-16(10-12-17)18-8-7-15-20-21-18;/h9-12H,3-8,13-15H2,1-2H3;/q-1;+1. The van der Waals surface area contributed by atoms with Gasteiger partial charge in [0, 0.05) is 24.5 Å². The first kappa shape index (κ1) is 20.2. The number of benzene rings is 1. The molecule has 0 amide bonds. The summed E-state index contributed by atoms with van der Waals surface area (Å²) in [6, 6.07) is 9.31. The normalized spacial score (nSPS) is 14.5. The fraction of sp³-hybridized carbons (Fsp3) is 0.611. The smallest absolute Gasteiger partial charge is 0.373 e. The molecule has 0 aromatic heterocycles. The van der Waals surface area contributed by atoms with Gasteiger partial charge in [0.15, 0.2) is 0 Å². The van der Waals surface area contributed by atoms with Crippen LogP contribution in [0.3, 0.4) is 0 Å². The van der Waals surface area contributed by atoms with Gasteiger partial charge in [0.05, 0.1) is 0 Å². The zero-order chi connectivity index (χ0) is 14.9. The molecule has 1 nitrogen and oxygen atoms in total. The van der Waals surface area contributed by atoms with Crippen LogP contribution in [0.1, 0.15) is 57.9 Å². The fourth-order valence-corrected chi connectivity index (χ4v) is 5.08. The third-order valence-electron chi connectivity index (χ3n) is 3.91.